The second kappa shape index (κ2) is 5.02. The zero-order chi connectivity index (χ0) is 9.84. The third-order valence-corrected chi connectivity index (χ3v) is 3.77. The highest BCUT2D eigenvalue weighted by atomic mass is 14.4. The fourth-order valence-electron chi connectivity index (χ4n) is 1.97. The minimum absolute atomic E-state index is 0.882. The predicted molar refractivity (Wildman–Crippen MR) is 59.7 cm³/mol. The second-order valence-electron chi connectivity index (χ2n) is 5.38. The summed E-state index contributed by atoms with van der Waals surface area (Å²) in [4.78, 5) is 0. The highest BCUT2D eigenvalue weighted by Crippen LogP contribution is 2.41. The number of hydrogen-bond donors (Lipinski definition) is 0. The molecule has 0 aromatic carbocycles. The van der Waals surface area contributed by atoms with Crippen molar-refractivity contribution in [2.75, 3.05) is 0 Å². The smallest absolute Gasteiger partial charge is 0.0360 e. The Balaban J connectivity index is 0.000000236. The van der Waals surface area contributed by atoms with Gasteiger partial charge in [0.2, 0.25) is 0 Å². The van der Waals surface area contributed by atoms with Gasteiger partial charge in [-0.25, -0.2) is 0 Å². The Morgan fingerprint density at radius 2 is 1.46 bits per heavy atom. The molecule has 78 valence electrons. The van der Waals surface area contributed by atoms with Crippen molar-refractivity contribution in [2.45, 2.75) is 59.8 Å². The molecule has 2 aliphatic carbocycles. The average Bonchev–Trinajstić information content (AvgIpc) is 2.87. The van der Waals surface area contributed by atoms with Crippen LogP contribution < -0.4 is 0 Å². The van der Waals surface area contributed by atoms with Crippen LogP contribution in [-0.2, 0) is 0 Å². The first-order valence-electron chi connectivity index (χ1n) is 6.13. The van der Waals surface area contributed by atoms with Crippen LogP contribution in [0.5, 0.6) is 0 Å². The van der Waals surface area contributed by atoms with E-state index in [9.17, 15) is 0 Å². The first-order chi connectivity index (χ1) is 6.13. The monoisotopic (exact) mass is 182 g/mol. The molecular weight excluding hydrogens is 156 g/mol. The summed E-state index contributed by atoms with van der Waals surface area (Å²) in [5.41, 5.74) is 0. The highest BCUT2D eigenvalue weighted by molar-refractivity contribution is 4.82. The number of hydrogen-bond acceptors (Lipinski definition) is 0. The Morgan fingerprint density at radius 3 is 1.54 bits per heavy atom. The van der Waals surface area contributed by atoms with Gasteiger partial charge in [-0.3, -0.25) is 0 Å². The molecule has 0 aromatic heterocycles. The topological polar surface area (TPSA) is 0 Å². The Hall–Kier alpha value is 0. The van der Waals surface area contributed by atoms with Gasteiger partial charge >= 0.3 is 0 Å². The third kappa shape index (κ3) is 3.70. The summed E-state index contributed by atoms with van der Waals surface area (Å²) >= 11 is 0. The van der Waals surface area contributed by atoms with Crippen molar-refractivity contribution < 1.29 is 0 Å². The zero-order valence-electron chi connectivity index (χ0n) is 9.84. The highest BCUT2D eigenvalue weighted by Gasteiger charge is 2.32. The third-order valence-electron chi connectivity index (χ3n) is 3.77. The molecule has 2 saturated carbocycles. The molecule has 0 aromatic rings. The summed E-state index contributed by atoms with van der Waals surface area (Å²) in [5, 5.41) is 0. The molecule has 0 heterocycles. The van der Waals surface area contributed by atoms with Gasteiger partial charge in [-0.15, -0.1) is 0 Å². The van der Waals surface area contributed by atoms with Crippen LogP contribution in [0.1, 0.15) is 59.8 Å². The quantitative estimate of drug-likeness (QED) is 0.590. The molecule has 3 atom stereocenters. The van der Waals surface area contributed by atoms with E-state index in [-0.39, 0.29) is 0 Å². The maximum absolute atomic E-state index is 2.41. The van der Waals surface area contributed by atoms with E-state index < -0.39 is 0 Å². The molecule has 0 radical (unpaired) electrons. The van der Waals surface area contributed by atoms with Gasteiger partial charge in [0.25, 0.3) is 0 Å². The molecule has 0 heteroatoms. The van der Waals surface area contributed by atoms with Crippen LogP contribution >= 0.6 is 0 Å². The molecule has 0 bridgehead atoms. The van der Waals surface area contributed by atoms with E-state index in [0.29, 0.717) is 0 Å². The Kier molecular flexibility index (Phi) is 4.28. The van der Waals surface area contributed by atoms with Crippen LogP contribution in [0.25, 0.3) is 0 Å². The summed E-state index contributed by atoms with van der Waals surface area (Å²) in [5.74, 6) is 3.88. The van der Waals surface area contributed by atoms with Gasteiger partial charge in [0.1, 0.15) is 0 Å². The standard InChI is InChI=1S/C10H20.C3H6/c1-7(2)9(4)10-6-5-8(10)3;1-2-3-1/h7-10H,5-6H2,1-4H3;1-3H2. The zero-order valence-corrected chi connectivity index (χ0v) is 9.84. The van der Waals surface area contributed by atoms with E-state index in [2.05, 4.69) is 27.7 Å². The van der Waals surface area contributed by atoms with Crippen molar-refractivity contribution in [2.24, 2.45) is 23.7 Å². The van der Waals surface area contributed by atoms with Gasteiger partial charge in [-0.1, -0.05) is 53.4 Å². The summed E-state index contributed by atoms with van der Waals surface area (Å²) in [7, 11) is 0. The van der Waals surface area contributed by atoms with E-state index in [4.69, 9.17) is 0 Å². The average molecular weight is 182 g/mol. The van der Waals surface area contributed by atoms with E-state index in [1.54, 1.807) is 0 Å². The predicted octanol–water partition coefficient (Wildman–Crippen LogP) is 4.49. The molecule has 0 aliphatic heterocycles. The van der Waals surface area contributed by atoms with Gasteiger partial charge in [0.05, 0.1) is 0 Å². The van der Waals surface area contributed by atoms with Crippen LogP contribution in [0, 0.1) is 23.7 Å². The summed E-state index contributed by atoms with van der Waals surface area (Å²) < 4.78 is 0. The Labute approximate surface area is 84.1 Å². The molecule has 0 amide bonds. The molecule has 0 spiro atoms. The van der Waals surface area contributed by atoms with Gasteiger partial charge in [-0.2, -0.15) is 0 Å². The molecule has 0 nitrogen and oxygen atoms in total. The fraction of sp³-hybridized carbons (Fsp3) is 1.00. The first-order valence-corrected chi connectivity index (χ1v) is 6.13. The molecule has 3 unspecified atom stereocenters. The summed E-state index contributed by atoms with van der Waals surface area (Å²) in [6.07, 6.45) is 7.46. The van der Waals surface area contributed by atoms with Crippen molar-refractivity contribution in [1.29, 1.82) is 0 Å². The van der Waals surface area contributed by atoms with Gasteiger partial charge < -0.3 is 0 Å². The van der Waals surface area contributed by atoms with Crippen LogP contribution in [0.15, 0.2) is 0 Å². The molecule has 2 fully saturated rings. The molecule has 2 aliphatic rings. The molecule has 0 saturated heterocycles. The van der Waals surface area contributed by atoms with E-state index in [1.165, 1.54) is 32.1 Å². The first kappa shape index (κ1) is 11.1. The maximum Gasteiger partial charge on any atom is -0.0360 e. The molecular formula is C13H26. The van der Waals surface area contributed by atoms with E-state index in [0.717, 1.165) is 23.7 Å². The summed E-state index contributed by atoms with van der Waals surface area (Å²) in [6.45, 7) is 9.49. The van der Waals surface area contributed by atoms with Crippen molar-refractivity contribution in [3.8, 4) is 0 Å². The molecule has 13 heavy (non-hydrogen) atoms. The second-order valence-corrected chi connectivity index (χ2v) is 5.38. The van der Waals surface area contributed by atoms with Crippen molar-refractivity contribution in [1.82, 2.24) is 0 Å². The molecule has 2 rings (SSSR count). The minimum Gasteiger partial charge on any atom is -0.0625 e. The SMILES string of the molecule is C1CC1.CC(C)C(C)C1CCC1C. The van der Waals surface area contributed by atoms with E-state index >= 15 is 0 Å². The normalized spacial score (nSPS) is 33.0. The van der Waals surface area contributed by atoms with Crippen LogP contribution in [0.4, 0.5) is 0 Å². The fourth-order valence-corrected chi connectivity index (χ4v) is 1.97. The van der Waals surface area contributed by atoms with Crippen LogP contribution in [-0.4, -0.2) is 0 Å². The van der Waals surface area contributed by atoms with Gasteiger partial charge in [0, 0.05) is 0 Å². The van der Waals surface area contributed by atoms with Crippen LogP contribution in [0.3, 0.4) is 0 Å². The van der Waals surface area contributed by atoms with Crippen LogP contribution in [0.2, 0.25) is 0 Å². The Bertz CT molecular complexity index is 127. The lowest BCUT2D eigenvalue weighted by Crippen LogP contribution is -2.31. The van der Waals surface area contributed by atoms with Crippen molar-refractivity contribution in [3.63, 3.8) is 0 Å². The largest absolute Gasteiger partial charge is 0.0625 e. The van der Waals surface area contributed by atoms with Crippen molar-refractivity contribution in [3.05, 3.63) is 0 Å². The maximum atomic E-state index is 2.41. The summed E-state index contributed by atoms with van der Waals surface area (Å²) in [6, 6.07) is 0. The molecule has 0 N–H and O–H groups in total. The Morgan fingerprint density at radius 1 is 0.923 bits per heavy atom. The minimum atomic E-state index is 0.882. The van der Waals surface area contributed by atoms with E-state index in [1.807, 2.05) is 0 Å². The van der Waals surface area contributed by atoms with Gasteiger partial charge in [0.15, 0.2) is 0 Å². The lowest BCUT2D eigenvalue weighted by molar-refractivity contribution is 0.100. The lowest BCUT2D eigenvalue weighted by Gasteiger charge is -2.40. The number of rotatable bonds is 2. The van der Waals surface area contributed by atoms with Gasteiger partial charge in [-0.05, 0) is 30.1 Å². The van der Waals surface area contributed by atoms with Crippen molar-refractivity contribution >= 4 is 0 Å². The lowest BCUT2D eigenvalue weighted by atomic mass is 9.66.